The standard InChI is InChI=1S/C9H8ClFN4/c1-5-9(11)6(2)15(14-5)8-3-7(10)12-4-13-8/h3-4H,1-2H3. The minimum Gasteiger partial charge on any atom is -0.224 e. The number of hydrogen-bond acceptors (Lipinski definition) is 3. The van der Waals surface area contributed by atoms with E-state index < -0.39 is 0 Å². The van der Waals surface area contributed by atoms with E-state index in [9.17, 15) is 4.39 Å². The summed E-state index contributed by atoms with van der Waals surface area (Å²) in [7, 11) is 0. The zero-order valence-corrected chi connectivity index (χ0v) is 8.96. The van der Waals surface area contributed by atoms with E-state index in [0.717, 1.165) is 0 Å². The molecule has 0 saturated carbocycles. The largest absolute Gasteiger partial charge is 0.224 e. The summed E-state index contributed by atoms with van der Waals surface area (Å²) in [4.78, 5) is 7.71. The molecule has 6 heteroatoms. The van der Waals surface area contributed by atoms with Gasteiger partial charge in [0.25, 0.3) is 0 Å². The molecule has 2 aromatic rings. The molecule has 0 unspecified atom stereocenters. The van der Waals surface area contributed by atoms with Gasteiger partial charge < -0.3 is 0 Å². The lowest BCUT2D eigenvalue weighted by atomic mass is 10.4. The first-order valence-corrected chi connectivity index (χ1v) is 4.67. The maximum absolute atomic E-state index is 13.4. The number of nitrogens with zero attached hydrogens (tertiary/aromatic N) is 4. The Hall–Kier alpha value is -1.49. The van der Waals surface area contributed by atoms with E-state index in [4.69, 9.17) is 11.6 Å². The Morgan fingerprint density at radius 1 is 1.33 bits per heavy atom. The molecule has 2 aromatic heterocycles. The fourth-order valence-electron chi connectivity index (χ4n) is 1.29. The normalized spacial score (nSPS) is 10.7. The molecule has 0 saturated heterocycles. The first-order chi connectivity index (χ1) is 7.09. The van der Waals surface area contributed by atoms with Crippen LogP contribution in [0.3, 0.4) is 0 Å². The Kier molecular flexibility index (Phi) is 2.40. The van der Waals surface area contributed by atoms with Crippen LogP contribution in [-0.2, 0) is 0 Å². The van der Waals surface area contributed by atoms with Gasteiger partial charge in [-0.2, -0.15) is 5.10 Å². The molecular weight excluding hydrogens is 219 g/mol. The topological polar surface area (TPSA) is 43.6 Å². The van der Waals surface area contributed by atoms with E-state index in [2.05, 4.69) is 15.1 Å². The van der Waals surface area contributed by atoms with Crippen molar-refractivity contribution < 1.29 is 4.39 Å². The molecule has 0 spiro atoms. The highest BCUT2D eigenvalue weighted by atomic mass is 35.5. The molecule has 0 aromatic carbocycles. The third-order valence-electron chi connectivity index (χ3n) is 2.04. The van der Waals surface area contributed by atoms with Crippen LogP contribution in [0.5, 0.6) is 0 Å². The van der Waals surface area contributed by atoms with Gasteiger partial charge in [-0.3, -0.25) is 0 Å². The summed E-state index contributed by atoms with van der Waals surface area (Å²) >= 11 is 5.71. The van der Waals surface area contributed by atoms with Crippen LogP contribution in [0.1, 0.15) is 11.4 Å². The second-order valence-electron chi connectivity index (χ2n) is 3.10. The lowest BCUT2D eigenvalue weighted by Gasteiger charge is -2.01. The fourth-order valence-corrected chi connectivity index (χ4v) is 1.43. The van der Waals surface area contributed by atoms with Gasteiger partial charge in [-0.1, -0.05) is 11.6 Å². The summed E-state index contributed by atoms with van der Waals surface area (Å²) in [5.74, 6) is 0.129. The van der Waals surface area contributed by atoms with Crippen LogP contribution in [0.25, 0.3) is 5.82 Å². The van der Waals surface area contributed by atoms with Crippen molar-refractivity contribution in [3.05, 3.63) is 34.8 Å². The van der Waals surface area contributed by atoms with Gasteiger partial charge in [0.2, 0.25) is 0 Å². The summed E-state index contributed by atoms with van der Waals surface area (Å²) in [5.41, 5.74) is 0.740. The van der Waals surface area contributed by atoms with Crippen LogP contribution < -0.4 is 0 Å². The van der Waals surface area contributed by atoms with Crippen LogP contribution >= 0.6 is 11.6 Å². The summed E-state index contributed by atoms with van der Waals surface area (Å²) in [6, 6.07) is 1.53. The smallest absolute Gasteiger partial charge is 0.167 e. The molecular formula is C9H8ClFN4. The lowest BCUT2D eigenvalue weighted by Crippen LogP contribution is -2.02. The summed E-state index contributed by atoms with van der Waals surface area (Å²) in [5, 5.41) is 4.31. The van der Waals surface area contributed by atoms with E-state index in [0.29, 0.717) is 22.4 Å². The Balaban J connectivity index is 2.59. The molecule has 0 fully saturated rings. The van der Waals surface area contributed by atoms with Gasteiger partial charge in [0.15, 0.2) is 11.6 Å². The summed E-state index contributed by atoms with van der Waals surface area (Å²) in [6.07, 6.45) is 1.31. The van der Waals surface area contributed by atoms with Crippen LogP contribution in [0.2, 0.25) is 5.15 Å². The molecule has 2 rings (SSSR count). The van der Waals surface area contributed by atoms with E-state index in [1.807, 2.05) is 0 Å². The molecule has 0 amide bonds. The van der Waals surface area contributed by atoms with Gasteiger partial charge >= 0.3 is 0 Å². The van der Waals surface area contributed by atoms with E-state index in [1.54, 1.807) is 13.8 Å². The Bertz CT molecular complexity index is 509. The third-order valence-corrected chi connectivity index (χ3v) is 2.25. The zero-order chi connectivity index (χ0) is 11.0. The minimum absolute atomic E-state index is 0.299. The SMILES string of the molecule is Cc1nn(-c2cc(Cl)ncn2)c(C)c1F. The first-order valence-electron chi connectivity index (χ1n) is 4.29. The van der Waals surface area contributed by atoms with Crippen LogP contribution in [0.4, 0.5) is 4.39 Å². The van der Waals surface area contributed by atoms with Crippen molar-refractivity contribution in [2.45, 2.75) is 13.8 Å². The Morgan fingerprint density at radius 3 is 2.60 bits per heavy atom. The van der Waals surface area contributed by atoms with Crippen LogP contribution in [0, 0.1) is 19.7 Å². The van der Waals surface area contributed by atoms with E-state index >= 15 is 0 Å². The fraction of sp³-hybridized carbons (Fsp3) is 0.222. The van der Waals surface area contributed by atoms with Crippen LogP contribution in [0.15, 0.2) is 12.4 Å². The third kappa shape index (κ3) is 1.70. The predicted octanol–water partition coefficient (Wildman–Crippen LogP) is 2.07. The van der Waals surface area contributed by atoms with Gasteiger partial charge in [0, 0.05) is 6.07 Å². The monoisotopic (exact) mass is 226 g/mol. The average molecular weight is 227 g/mol. The number of hydrogen-bond donors (Lipinski definition) is 0. The zero-order valence-electron chi connectivity index (χ0n) is 8.20. The van der Waals surface area contributed by atoms with Crippen molar-refractivity contribution in [1.29, 1.82) is 0 Å². The van der Waals surface area contributed by atoms with Crippen molar-refractivity contribution in [2.24, 2.45) is 0 Å². The van der Waals surface area contributed by atoms with Crippen molar-refractivity contribution in [1.82, 2.24) is 19.7 Å². The van der Waals surface area contributed by atoms with Crippen molar-refractivity contribution in [2.75, 3.05) is 0 Å². The molecule has 0 bridgehead atoms. The van der Waals surface area contributed by atoms with Crippen molar-refractivity contribution in [3.63, 3.8) is 0 Å². The van der Waals surface area contributed by atoms with Gasteiger partial charge in [0.1, 0.15) is 11.5 Å². The second-order valence-corrected chi connectivity index (χ2v) is 3.48. The summed E-state index contributed by atoms with van der Waals surface area (Å²) in [6.45, 7) is 3.23. The molecule has 15 heavy (non-hydrogen) atoms. The molecule has 0 radical (unpaired) electrons. The number of aromatic nitrogens is 4. The van der Waals surface area contributed by atoms with Gasteiger partial charge in [0.05, 0.1) is 11.4 Å². The highest BCUT2D eigenvalue weighted by Gasteiger charge is 2.13. The number of halogens is 2. The molecule has 0 aliphatic carbocycles. The maximum Gasteiger partial charge on any atom is 0.167 e. The lowest BCUT2D eigenvalue weighted by molar-refractivity contribution is 0.608. The maximum atomic E-state index is 13.4. The molecule has 78 valence electrons. The molecule has 0 N–H and O–H groups in total. The Morgan fingerprint density at radius 2 is 2.07 bits per heavy atom. The highest BCUT2D eigenvalue weighted by Crippen LogP contribution is 2.15. The molecule has 0 atom stereocenters. The predicted molar refractivity (Wildman–Crippen MR) is 53.6 cm³/mol. The summed E-state index contributed by atoms with van der Waals surface area (Å²) < 4.78 is 14.8. The number of rotatable bonds is 1. The molecule has 2 heterocycles. The first kappa shape index (κ1) is 10.0. The average Bonchev–Trinajstić information content (AvgIpc) is 2.46. The van der Waals surface area contributed by atoms with Crippen LogP contribution in [-0.4, -0.2) is 19.7 Å². The molecule has 0 aliphatic heterocycles. The van der Waals surface area contributed by atoms with E-state index in [-0.39, 0.29) is 5.82 Å². The van der Waals surface area contributed by atoms with Gasteiger partial charge in [-0.25, -0.2) is 19.0 Å². The second kappa shape index (κ2) is 3.58. The van der Waals surface area contributed by atoms with E-state index in [1.165, 1.54) is 17.1 Å². The molecule has 0 aliphatic rings. The highest BCUT2D eigenvalue weighted by molar-refractivity contribution is 6.29. The minimum atomic E-state index is -0.329. The Labute approximate surface area is 90.7 Å². The van der Waals surface area contributed by atoms with Crippen molar-refractivity contribution >= 4 is 11.6 Å². The van der Waals surface area contributed by atoms with Crippen molar-refractivity contribution in [3.8, 4) is 5.82 Å². The number of aryl methyl sites for hydroxylation is 1. The molecule has 4 nitrogen and oxygen atoms in total. The van der Waals surface area contributed by atoms with Gasteiger partial charge in [-0.05, 0) is 13.8 Å². The quantitative estimate of drug-likeness (QED) is 0.700. The van der Waals surface area contributed by atoms with Gasteiger partial charge in [-0.15, -0.1) is 0 Å².